The molecule has 0 bridgehead atoms. The summed E-state index contributed by atoms with van der Waals surface area (Å²) in [6.07, 6.45) is 7.33. The molecule has 4 nitrogen and oxygen atoms in total. The summed E-state index contributed by atoms with van der Waals surface area (Å²) in [6, 6.07) is 5.80. The quantitative estimate of drug-likeness (QED) is 0.887. The summed E-state index contributed by atoms with van der Waals surface area (Å²) in [5.41, 5.74) is -0.204. The first kappa shape index (κ1) is 14.7. The molecule has 0 spiro atoms. The van der Waals surface area contributed by atoms with Gasteiger partial charge in [0, 0.05) is 12.1 Å². The first-order valence-electron chi connectivity index (χ1n) is 7.52. The van der Waals surface area contributed by atoms with Crippen molar-refractivity contribution in [3.63, 3.8) is 0 Å². The molecule has 2 N–H and O–H groups in total. The Bertz CT molecular complexity index is 622. The zero-order chi connectivity index (χ0) is 15.4. The number of nitrogens with one attached hydrogen (secondary N) is 2. The number of hydrogen-bond acceptors (Lipinski definition) is 4. The highest BCUT2D eigenvalue weighted by atomic mass is 19.1. The second-order valence-corrected chi connectivity index (χ2v) is 5.49. The van der Waals surface area contributed by atoms with Gasteiger partial charge in [-0.3, -0.25) is 0 Å². The van der Waals surface area contributed by atoms with Gasteiger partial charge in [-0.05, 0) is 25.0 Å². The van der Waals surface area contributed by atoms with Crippen LogP contribution in [0.25, 0.3) is 0 Å². The Morgan fingerprint density at radius 2 is 1.64 bits per heavy atom. The van der Waals surface area contributed by atoms with Gasteiger partial charge in [-0.15, -0.1) is 0 Å². The summed E-state index contributed by atoms with van der Waals surface area (Å²) in [5.74, 6) is -0.278. The zero-order valence-corrected chi connectivity index (χ0v) is 12.1. The van der Waals surface area contributed by atoms with Crippen LogP contribution in [0.15, 0.2) is 30.6 Å². The van der Waals surface area contributed by atoms with E-state index < -0.39 is 11.6 Å². The standard InChI is InChI=1S/C16H18F2N4/c17-12-7-4-8-13(18)16(12)22-15-9-14(19-10-20-15)21-11-5-2-1-3-6-11/h4,7-11H,1-3,5-6H2,(H2,19,20,21,22). The van der Waals surface area contributed by atoms with E-state index in [0.717, 1.165) is 12.8 Å². The monoisotopic (exact) mass is 304 g/mol. The number of hydrogen-bond donors (Lipinski definition) is 2. The molecule has 3 rings (SSSR count). The van der Waals surface area contributed by atoms with Crippen molar-refractivity contribution in [1.82, 2.24) is 9.97 Å². The number of nitrogens with zero attached hydrogens (tertiary/aromatic N) is 2. The third kappa shape index (κ3) is 3.50. The van der Waals surface area contributed by atoms with Crippen LogP contribution in [0.5, 0.6) is 0 Å². The fourth-order valence-corrected chi connectivity index (χ4v) is 2.71. The molecule has 22 heavy (non-hydrogen) atoms. The van der Waals surface area contributed by atoms with Gasteiger partial charge in [0.05, 0.1) is 0 Å². The molecule has 116 valence electrons. The number of para-hydroxylation sites is 1. The highest BCUT2D eigenvalue weighted by molar-refractivity contribution is 5.60. The van der Waals surface area contributed by atoms with Gasteiger partial charge in [-0.1, -0.05) is 25.3 Å². The molecule has 0 unspecified atom stereocenters. The number of anilines is 3. The molecule has 0 aliphatic heterocycles. The molecule has 0 radical (unpaired) electrons. The van der Waals surface area contributed by atoms with E-state index in [9.17, 15) is 8.78 Å². The largest absolute Gasteiger partial charge is 0.367 e. The molecule has 0 atom stereocenters. The number of benzene rings is 1. The summed E-state index contributed by atoms with van der Waals surface area (Å²) in [6.45, 7) is 0. The van der Waals surface area contributed by atoms with Crippen molar-refractivity contribution in [3.8, 4) is 0 Å². The molecule has 0 amide bonds. The summed E-state index contributed by atoms with van der Waals surface area (Å²) in [5, 5.41) is 6.03. The number of aromatic nitrogens is 2. The maximum atomic E-state index is 13.6. The van der Waals surface area contributed by atoms with Crippen molar-refractivity contribution in [2.75, 3.05) is 10.6 Å². The Balaban J connectivity index is 1.73. The van der Waals surface area contributed by atoms with Gasteiger partial charge < -0.3 is 10.6 Å². The van der Waals surface area contributed by atoms with Gasteiger partial charge >= 0.3 is 0 Å². The summed E-state index contributed by atoms with van der Waals surface area (Å²) < 4.78 is 27.3. The van der Waals surface area contributed by atoms with Gasteiger partial charge in [-0.2, -0.15) is 0 Å². The maximum absolute atomic E-state index is 13.6. The average Bonchev–Trinajstić information content (AvgIpc) is 2.53. The van der Waals surface area contributed by atoms with Crippen LogP contribution in [-0.4, -0.2) is 16.0 Å². The predicted molar refractivity (Wildman–Crippen MR) is 82.2 cm³/mol. The lowest BCUT2D eigenvalue weighted by molar-refractivity contribution is 0.462. The van der Waals surface area contributed by atoms with Gasteiger partial charge in [-0.25, -0.2) is 18.7 Å². The van der Waals surface area contributed by atoms with Crippen LogP contribution in [0.4, 0.5) is 26.1 Å². The molecule has 1 aliphatic carbocycles. The second-order valence-electron chi connectivity index (χ2n) is 5.49. The topological polar surface area (TPSA) is 49.8 Å². The molecule has 6 heteroatoms. The van der Waals surface area contributed by atoms with Crippen LogP contribution < -0.4 is 10.6 Å². The van der Waals surface area contributed by atoms with E-state index >= 15 is 0 Å². The van der Waals surface area contributed by atoms with Crippen molar-refractivity contribution in [1.29, 1.82) is 0 Å². The molecule has 2 aromatic rings. The Morgan fingerprint density at radius 3 is 2.36 bits per heavy atom. The van der Waals surface area contributed by atoms with Crippen LogP contribution in [0, 0.1) is 11.6 Å². The zero-order valence-electron chi connectivity index (χ0n) is 12.1. The van der Waals surface area contributed by atoms with Crippen molar-refractivity contribution < 1.29 is 8.78 Å². The highest BCUT2D eigenvalue weighted by Crippen LogP contribution is 2.24. The molecular weight excluding hydrogens is 286 g/mol. The number of rotatable bonds is 4. The smallest absolute Gasteiger partial charge is 0.149 e. The minimum absolute atomic E-state index is 0.204. The SMILES string of the molecule is Fc1cccc(F)c1Nc1cc(NC2CCCCC2)ncn1. The highest BCUT2D eigenvalue weighted by Gasteiger charge is 2.14. The van der Waals surface area contributed by atoms with Crippen LogP contribution in [-0.2, 0) is 0 Å². The van der Waals surface area contributed by atoms with Crippen LogP contribution in [0.3, 0.4) is 0 Å². The van der Waals surface area contributed by atoms with Crippen LogP contribution >= 0.6 is 0 Å². The summed E-state index contributed by atoms with van der Waals surface area (Å²) in [4.78, 5) is 8.18. The summed E-state index contributed by atoms with van der Waals surface area (Å²) in [7, 11) is 0. The minimum Gasteiger partial charge on any atom is -0.367 e. The molecule has 0 saturated heterocycles. The normalized spacial score (nSPS) is 15.5. The first-order valence-corrected chi connectivity index (χ1v) is 7.52. The molecule has 1 heterocycles. The van der Waals surface area contributed by atoms with Crippen molar-refractivity contribution in [3.05, 3.63) is 42.2 Å². The lowest BCUT2D eigenvalue weighted by Gasteiger charge is -2.23. The van der Waals surface area contributed by atoms with Gasteiger partial charge in [0.25, 0.3) is 0 Å². The van der Waals surface area contributed by atoms with Gasteiger partial charge in [0.1, 0.15) is 35.3 Å². The second kappa shape index (κ2) is 6.68. The van der Waals surface area contributed by atoms with E-state index in [-0.39, 0.29) is 5.69 Å². The first-order chi connectivity index (χ1) is 10.7. The Labute approximate surface area is 128 Å². The maximum Gasteiger partial charge on any atom is 0.149 e. The Morgan fingerprint density at radius 1 is 0.955 bits per heavy atom. The summed E-state index contributed by atoms with van der Waals surface area (Å²) >= 11 is 0. The van der Waals surface area contributed by atoms with Crippen molar-refractivity contribution in [2.24, 2.45) is 0 Å². The van der Waals surface area contributed by atoms with E-state index in [2.05, 4.69) is 20.6 Å². The Kier molecular flexibility index (Phi) is 4.46. The van der Waals surface area contributed by atoms with E-state index in [1.54, 1.807) is 6.07 Å². The predicted octanol–water partition coefficient (Wildman–Crippen LogP) is 4.24. The number of halogens is 2. The van der Waals surface area contributed by atoms with Gasteiger partial charge in [0.2, 0.25) is 0 Å². The van der Waals surface area contributed by atoms with Crippen molar-refractivity contribution in [2.45, 2.75) is 38.1 Å². The molecule has 1 fully saturated rings. The fraction of sp³-hybridized carbons (Fsp3) is 0.375. The van der Waals surface area contributed by atoms with E-state index in [0.29, 0.717) is 17.7 Å². The van der Waals surface area contributed by atoms with E-state index in [1.165, 1.54) is 43.8 Å². The average molecular weight is 304 g/mol. The van der Waals surface area contributed by atoms with E-state index in [4.69, 9.17) is 0 Å². The fourth-order valence-electron chi connectivity index (χ4n) is 2.71. The van der Waals surface area contributed by atoms with Crippen LogP contribution in [0.1, 0.15) is 32.1 Å². The molecular formula is C16H18F2N4. The van der Waals surface area contributed by atoms with Crippen LogP contribution in [0.2, 0.25) is 0 Å². The van der Waals surface area contributed by atoms with Gasteiger partial charge in [0.15, 0.2) is 0 Å². The molecule has 1 aliphatic rings. The van der Waals surface area contributed by atoms with Crippen molar-refractivity contribution >= 4 is 17.3 Å². The molecule has 1 aromatic carbocycles. The van der Waals surface area contributed by atoms with E-state index in [1.807, 2.05) is 0 Å². The Hall–Kier alpha value is -2.24. The third-order valence-electron chi connectivity index (χ3n) is 3.84. The molecule has 1 aromatic heterocycles. The minimum atomic E-state index is -0.652. The third-order valence-corrected chi connectivity index (χ3v) is 3.84. The molecule has 1 saturated carbocycles. The lowest BCUT2D eigenvalue weighted by Crippen LogP contribution is -2.22. The lowest BCUT2D eigenvalue weighted by atomic mass is 9.95.